The SMILES string of the molecule is C[Si](C)c1cc2ccccc2[cH-]1.Cc1[c-][nH]cc1.[Cl-].[Cl-].[Zr+4]. The van der Waals surface area contributed by atoms with Gasteiger partial charge >= 0.3 is 26.2 Å². The summed E-state index contributed by atoms with van der Waals surface area (Å²) >= 11 is 0. The van der Waals surface area contributed by atoms with Gasteiger partial charge in [0.05, 0.1) is 8.80 Å². The summed E-state index contributed by atoms with van der Waals surface area (Å²) in [6.45, 7) is 6.66. The normalized spacial score (nSPS) is 8.95. The average molecular weight is 415 g/mol. The van der Waals surface area contributed by atoms with Crippen molar-refractivity contribution >= 4 is 24.8 Å². The molecule has 0 aliphatic rings. The summed E-state index contributed by atoms with van der Waals surface area (Å²) < 4.78 is 0. The summed E-state index contributed by atoms with van der Waals surface area (Å²) in [7, 11) is -0.273. The number of aromatic amines is 1. The first-order valence-electron chi connectivity index (χ1n) is 6.14. The van der Waals surface area contributed by atoms with Crippen LogP contribution < -0.4 is 30.0 Å². The summed E-state index contributed by atoms with van der Waals surface area (Å²) in [6, 6.07) is 15.2. The van der Waals surface area contributed by atoms with Crippen LogP contribution in [0.2, 0.25) is 13.1 Å². The van der Waals surface area contributed by atoms with Crippen molar-refractivity contribution in [2.75, 3.05) is 0 Å². The largest absolute Gasteiger partial charge is 4.00 e. The number of rotatable bonds is 1. The van der Waals surface area contributed by atoms with Gasteiger partial charge in [0.1, 0.15) is 0 Å². The predicted molar refractivity (Wildman–Crippen MR) is 81.0 cm³/mol. The maximum absolute atomic E-state index is 2.88. The van der Waals surface area contributed by atoms with Gasteiger partial charge < -0.3 is 29.8 Å². The molecule has 109 valence electrons. The van der Waals surface area contributed by atoms with Crippen molar-refractivity contribution in [2.45, 2.75) is 20.0 Å². The van der Waals surface area contributed by atoms with Crippen molar-refractivity contribution in [1.82, 2.24) is 4.98 Å². The fraction of sp³-hybridized carbons (Fsp3) is 0.188. The Bertz CT molecular complexity index is 573. The number of benzene rings is 1. The molecule has 0 aliphatic heterocycles. The zero-order chi connectivity index (χ0) is 13.0. The van der Waals surface area contributed by atoms with Crippen LogP contribution in [0.5, 0.6) is 0 Å². The molecule has 2 aromatic carbocycles. The van der Waals surface area contributed by atoms with E-state index in [1.807, 2.05) is 19.2 Å². The van der Waals surface area contributed by atoms with Crippen LogP contribution in [0.4, 0.5) is 0 Å². The molecule has 1 aromatic heterocycles. The number of fused-ring (bicyclic) bond motifs is 1. The molecule has 0 bridgehead atoms. The molecule has 0 saturated heterocycles. The standard InChI is InChI=1S/C11H12Si.C5H6N.2ClH.Zr/c1-12(2)11-7-9-5-3-4-6-10(9)8-11;1-5-2-3-6-4-5;;;/h3-8H,1-2H3;2-3,6H,1H3;2*1H;/q2*-1;;;+4/p-2. The molecule has 0 saturated carbocycles. The molecule has 21 heavy (non-hydrogen) atoms. The van der Waals surface area contributed by atoms with E-state index in [1.165, 1.54) is 10.8 Å². The molecule has 0 fully saturated rings. The predicted octanol–water partition coefficient (Wildman–Crippen LogP) is -2.35. The topological polar surface area (TPSA) is 15.8 Å². The number of aryl methyl sites for hydroxylation is 1. The Labute approximate surface area is 160 Å². The van der Waals surface area contributed by atoms with E-state index >= 15 is 0 Å². The number of nitrogens with one attached hydrogen (secondary N) is 1. The Hall–Kier alpha value is -0.210. The third kappa shape index (κ3) is 7.06. The fourth-order valence-electron chi connectivity index (χ4n) is 1.80. The fourth-order valence-corrected chi connectivity index (χ4v) is 2.69. The summed E-state index contributed by atoms with van der Waals surface area (Å²) in [5.41, 5.74) is 1.16. The molecular weight excluding hydrogens is 396 g/mol. The third-order valence-corrected chi connectivity index (χ3v) is 4.32. The molecule has 0 unspecified atom stereocenters. The van der Waals surface area contributed by atoms with Crippen LogP contribution >= 0.6 is 0 Å². The van der Waals surface area contributed by atoms with E-state index in [4.69, 9.17) is 0 Å². The van der Waals surface area contributed by atoms with Crippen molar-refractivity contribution in [3.05, 3.63) is 60.4 Å². The number of H-pyrrole nitrogens is 1. The number of halogens is 2. The van der Waals surface area contributed by atoms with Gasteiger partial charge in [0, 0.05) is 0 Å². The molecule has 1 radical (unpaired) electrons. The van der Waals surface area contributed by atoms with Crippen LogP contribution in [0.1, 0.15) is 5.56 Å². The minimum absolute atomic E-state index is 0. The Morgan fingerprint density at radius 2 is 1.76 bits per heavy atom. The van der Waals surface area contributed by atoms with Crippen LogP contribution in [0.3, 0.4) is 0 Å². The first kappa shape index (κ1) is 23.1. The molecule has 0 aliphatic carbocycles. The van der Waals surface area contributed by atoms with E-state index in [0.717, 1.165) is 5.56 Å². The van der Waals surface area contributed by atoms with Crippen LogP contribution in [-0.4, -0.2) is 13.8 Å². The number of hydrogen-bond donors (Lipinski definition) is 1. The van der Waals surface area contributed by atoms with Crippen LogP contribution in [0.15, 0.2) is 48.7 Å². The Morgan fingerprint density at radius 3 is 2.19 bits per heavy atom. The Balaban J connectivity index is 0. The maximum Gasteiger partial charge on any atom is 4.00 e. The minimum Gasteiger partial charge on any atom is -1.00 e. The molecule has 1 N–H and O–H groups in total. The van der Waals surface area contributed by atoms with Crippen molar-refractivity contribution in [3.8, 4) is 0 Å². The van der Waals surface area contributed by atoms with E-state index in [1.54, 1.807) is 5.19 Å². The van der Waals surface area contributed by atoms with E-state index in [2.05, 4.69) is 60.7 Å². The molecular formula is C16H18Cl2NSiZr. The van der Waals surface area contributed by atoms with Gasteiger partial charge in [-0.2, -0.15) is 34.5 Å². The van der Waals surface area contributed by atoms with Crippen LogP contribution in [0.25, 0.3) is 10.8 Å². The Kier molecular flexibility index (Phi) is 12.5. The van der Waals surface area contributed by atoms with Gasteiger partial charge in [0.25, 0.3) is 0 Å². The zero-order valence-corrected chi connectivity index (χ0v) is 17.3. The molecule has 3 aromatic rings. The van der Waals surface area contributed by atoms with E-state index in [9.17, 15) is 0 Å². The molecule has 1 nitrogen and oxygen atoms in total. The molecule has 0 atom stereocenters. The zero-order valence-electron chi connectivity index (χ0n) is 12.4. The van der Waals surface area contributed by atoms with E-state index in [0.29, 0.717) is 0 Å². The monoisotopic (exact) mass is 412 g/mol. The van der Waals surface area contributed by atoms with Gasteiger partial charge in [0.15, 0.2) is 0 Å². The first-order chi connectivity index (χ1) is 8.66. The van der Waals surface area contributed by atoms with Gasteiger partial charge in [-0.3, -0.25) is 0 Å². The summed E-state index contributed by atoms with van der Waals surface area (Å²) in [6.07, 6.45) is 4.73. The van der Waals surface area contributed by atoms with Crippen molar-refractivity contribution < 1.29 is 51.0 Å². The van der Waals surface area contributed by atoms with E-state index < -0.39 is 0 Å². The minimum atomic E-state index is -0.273. The first-order valence-corrected chi connectivity index (χ1v) is 8.64. The molecule has 0 amide bonds. The molecule has 0 spiro atoms. The third-order valence-electron chi connectivity index (χ3n) is 2.88. The summed E-state index contributed by atoms with van der Waals surface area (Å²) in [4.78, 5) is 2.80. The van der Waals surface area contributed by atoms with Gasteiger partial charge in [-0.05, 0) is 0 Å². The van der Waals surface area contributed by atoms with Gasteiger partial charge in [0.2, 0.25) is 0 Å². The number of aromatic nitrogens is 1. The van der Waals surface area contributed by atoms with Crippen LogP contribution in [-0.2, 0) is 26.2 Å². The summed E-state index contributed by atoms with van der Waals surface area (Å²) in [5, 5.41) is 4.32. The van der Waals surface area contributed by atoms with E-state index in [-0.39, 0.29) is 59.8 Å². The average Bonchev–Trinajstić information content (AvgIpc) is 2.97. The van der Waals surface area contributed by atoms with Crippen molar-refractivity contribution in [1.29, 1.82) is 0 Å². The maximum atomic E-state index is 2.88. The van der Waals surface area contributed by atoms with Crippen molar-refractivity contribution in [3.63, 3.8) is 0 Å². The number of hydrogen-bond acceptors (Lipinski definition) is 0. The second-order valence-corrected chi connectivity index (χ2v) is 7.24. The molecule has 5 heteroatoms. The van der Waals surface area contributed by atoms with Crippen molar-refractivity contribution in [2.24, 2.45) is 0 Å². The quantitative estimate of drug-likeness (QED) is 0.339. The smallest absolute Gasteiger partial charge is 1.00 e. The molecule has 1 heterocycles. The summed E-state index contributed by atoms with van der Waals surface area (Å²) in [5.74, 6) is 0. The second kappa shape index (κ2) is 11.4. The van der Waals surface area contributed by atoms with Gasteiger partial charge in [-0.15, -0.1) is 35.8 Å². The van der Waals surface area contributed by atoms with Crippen LogP contribution in [0, 0.1) is 13.1 Å². The Morgan fingerprint density at radius 1 is 1.10 bits per heavy atom. The van der Waals surface area contributed by atoms with Gasteiger partial charge in [-0.25, -0.2) is 0 Å². The van der Waals surface area contributed by atoms with Gasteiger partial charge in [-0.1, -0.05) is 26.1 Å². The second-order valence-electron chi connectivity index (χ2n) is 4.66. The molecule has 3 rings (SSSR count).